The Bertz CT molecular complexity index is 453. The first kappa shape index (κ1) is 14.9. The number of nitrogens with zero attached hydrogens (tertiary/aromatic N) is 2. The number of halogens is 1. The van der Waals surface area contributed by atoms with Gasteiger partial charge in [-0.2, -0.15) is 0 Å². The van der Waals surface area contributed by atoms with Gasteiger partial charge in [-0.25, -0.2) is 4.39 Å². The summed E-state index contributed by atoms with van der Waals surface area (Å²) < 4.78 is 13.0. The standard InChI is InChI=1S/C15H21FN2O2/c1-17(2)14(11-3-5-12(16)6-4-11)15(20)18-9-7-13(19)8-10-18/h3-6,13-14,19H,7-10H2,1-2H3. The summed E-state index contributed by atoms with van der Waals surface area (Å²) in [5, 5.41) is 9.51. The fourth-order valence-electron chi connectivity index (χ4n) is 2.57. The molecule has 0 spiro atoms. The van der Waals surface area contributed by atoms with E-state index in [4.69, 9.17) is 0 Å². The van der Waals surface area contributed by atoms with E-state index in [1.54, 1.807) is 17.0 Å². The molecule has 1 fully saturated rings. The molecule has 1 aliphatic heterocycles. The molecule has 1 aliphatic rings. The highest BCUT2D eigenvalue weighted by atomic mass is 19.1. The average molecular weight is 280 g/mol. The number of carbonyl (C=O) groups is 1. The molecule has 1 heterocycles. The minimum Gasteiger partial charge on any atom is -0.393 e. The summed E-state index contributed by atoms with van der Waals surface area (Å²) in [7, 11) is 3.68. The number of aliphatic hydroxyl groups is 1. The van der Waals surface area contributed by atoms with E-state index in [0.29, 0.717) is 25.9 Å². The van der Waals surface area contributed by atoms with Gasteiger partial charge in [0.15, 0.2) is 0 Å². The van der Waals surface area contributed by atoms with Crippen molar-refractivity contribution in [3.8, 4) is 0 Å². The van der Waals surface area contributed by atoms with Crippen LogP contribution in [-0.2, 0) is 4.79 Å². The van der Waals surface area contributed by atoms with Gasteiger partial charge in [-0.05, 0) is 44.6 Å². The summed E-state index contributed by atoms with van der Waals surface area (Å²) in [6, 6.07) is 5.64. The Balaban J connectivity index is 2.16. The van der Waals surface area contributed by atoms with Crippen LogP contribution < -0.4 is 0 Å². The Hall–Kier alpha value is -1.46. The maximum absolute atomic E-state index is 13.0. The zero-order valence-corrected chi connectivity index (χ0v) is 11.9. The first-order valence-corrected chi connectivity index (χ1v) is 6.88. The molecule has 1 aromatic carbocycles. The second-order valence-corrected chi connectivity index (χ2v) is 5.47. The van der Waals surface area contributed by atoms with Crippen molar-refractivity contribution in [2.75, 3.05) is 27.2 Å². The second kappa shape index (κ2) is 6.33. The molecule has 0 saturated carbocycles. The monoisotopic (exact) mass is 280 g/mol. The van der Waals surface area contributed by atoms with Crippen molar-refractivity contribution in [2.45, 2.75) is 25.0 Å². The van der Waals surface area contributed by atoms with Crippen LogP contribution >= 0.6 is 0 Å². The minimum atomic E-state index is -0.411. The molecule has 20 heavy (non-hydrogen) atoms. The second-order valence-electron chi connectivity index (χ2n) is 5.47. The van der Waals surface area contributed by atoms with Gasteiger partial charge in [0.2, 0.25) is 5.91 Å². The number of hydrogen-bond acceptors (Lipinski definition) is 3. The number of rotatable bonds is 3. The van der Waals surface area contributed by atoms with E-state index in [9.17, 15) is 14.3 Å². The van der Waals surface area contributed by atoms with E-state index in [1.807, 2.05) is 19.0 Å². The molecule has 1 unspecified atom stereocenters. The molecular formula is C15H21FN2O2. The summed E-state index contributed by atoms with van der Waals surface area (Å²) in [6.45, 7) is 1.15. The van der Waals surface area contributed by atoms with Gasteiger partial charge in [-0.15, -0.1) is 0 Å². The lowest BCUT2D eigenvalue weighted by Crippen LogP contribution is -2.45. The maximum atomic E-state index is 13.0. The maximum Gasteiger partial charge on any atom is 0.244 e. The molecule has 1 saturated heterocycles. The SMILES string of the molecule is CN(C)C(C(=O)N1CCC(O)CC1)c1ccc(F)cc1. The molecule has 1 N–H and O–H groups in total. The highest BCUT2D eigenvalue weighted by Crippen LogP contribution is 2.23. The summed E-state index contributed by atoms with van der Waals surface area (Å²) in [6.07, 6.45) is 0.938. The molecular weight excluding hydrogens is 259 g/mol. The van der Waals surface area contributed by atoms with E-state index < -0.39 is 6.04 Å². The summed E-state index contributed by atoms with van der Waals surface area (Å²) in [5.41, 5.74) is 0.785. The van der Waals surface area contributed by atoms with Gasteiger partial charge >= 0.3 is 0 Å². The van der Waals surface area contributed by atoms with Crippen molar-refractivity contribution >= 4 is 5.91 Å². The number of likely N-dealkylation sites (N-methyl/N-ethyl adjacent to an activating group) is 1. The van der Waals surface area contributed by atoms with Crippen molar-refractivity contribution < 1.29 is 14.3 Å². The van der Waals surface area contributed by atoms with Gasteiger partial charge in [-0.3, -0.25) is 9.69 Å². The lowest BCUT2D eigenvalue weighted by Gasteiger charge is -2.34. The van der Waals surface area contributed by atoms with Gasteiger partial charge in [-0.1, -0.05) is 12.1 Å². The molecule has 2 rings (SSSR count). The Kier molecular flexibility index (Phi) is 4.73. The summed E-state index contributed by atoms with van der Waals surface area (Å²) in [4.78, 5) is 16.3. The van der Waals surface area contributed by atoms with Gasteiger partial charge in [0.1, 0.15) is 11.9 Å². The third-order valence-electron chi connectivity index (χ3n) is 3.71. The number of likely N-dealkylation sites (tertiary alicyclic amines) is 1. The number of amides is 1. The van der Waals surface area contributed by atoms with Crippen LogP contribution in [0.4, 0.5) is 4.39 Å². The highest BCUT2D eigenvalue weighted by molar-refractivity contribution is 5.83. The molecule has 1 atom stereocenters. The van der Waals surface area contributed by atoms with Crippen LogP contribution in [0.1, 0.15) is 24.4 Å². The molecule has 5 heteroatoms. The van der Waals surface area contributed by atoms with Crippen LogP contribution in [0.2, 0.25) is 0 Å². The van der Waals surface area contributed by atoms with E-state index >= 15 is 0 Å². The topological polar surface area (TPSA) is 43.8 Å². The normalized spacial score (nSPS) is 18.4. The number of benzene rings is 1. The Morgan fingerprint density at radius 1 is 1.30 bits per heavy atom. The fourth-order valence-corrected chi connectivity index (χ4v) is 2.57. The average Bonchev–Trinajstić information content (AvgIpc) is 2.41. The first-order chi connectivity index (χ1) is 9.49. The van der Waals surface area contributed by atoms with E-state index in [0.717, 1.165) is 5.56 Å². The molecule has 4 nitrogen and oxygen atoms in total. The van der Waals surface area contributed by atoms with Crippen LogP contribution in [-0.4, -0.2) is 54.1 Å². The molecule has 0 aliphatic carbocycles. The van der Waals surface area contributed by atoms with Gasteiger partial charge in [0.25, 0.3) is 0 Å². The number of hydrogen-bond donors (Lipinski definition) is 1. The van der Waals surface area contributed by atoms with Crippen LogP contribution in [0.15, 0.2) is 24.3 Å². The zero-order valence-electron chi connectivity index (χ0n) is 11.9. The lowest BCUT2D eigenvalue weighted by atomic mass is 10.0. The predicted molar refractivity (Wildman–Crippen MR) is 74.6 cm³/mol. The van der Waals surface area contributed by atoms with Gasteiger partial charge < -0.3 is 10.0 Å². The van der Waals surface area contributed by atoms with Crippen LogP contribution in [0.25, 0.3) is 0 Å². The smallest absolute Gasteiger partial charge is 0.244 e. The van der Waals surface area contributed by atoms with Gasteiger partial charge in [0, 0.05) is 13.1 Å². The largest absolute Gasteiger partial charge is 0.393 e. The molecule has 0 radical (unpaired) electrons. The van der Waals surface area contributed by atoms with Crippen LogP contribution in [0, 0.1) is 5.82 Å². The quantitative estimate of drug-likeness (QED) is 0.910. The van der Waals surface area contributed by atoms with Crippen LogP contribution in [0.5, 0.6) is 0 Å². The van der Waals surface area contributed by atoms with Crippen LogP contribution in [0.3, 0.4) is 0 Å². The van der Waals surface area contributed by atoms with Crippen molar-refractivity contribution in [3.05, 3.63) is 35.6 Å². The van der Waals surface area contributed by atoms with Crippen molar-refractivity contribution in [1.82, 2.24) is 9.80 Å². The number of carbonyl (C=O) groups excluding carboxylic acids is 1. The van der Waals surface area contributed by atoms with E-state index in [-0.39, 0.29) is 17.8 Å². The minimum absolute atomic E-state index is 0.00788. The molecule has 110 valence electrons. The summed E-state index contributed by atoms with van der Waals surface area (Å²) in [5.74, 6) is -0.298. The van der Waals surface area contributed by atoms with E-state index in [2.05, 4.69) is 0 Å². The molecule has 1 aromatic rings. The third kappa shape index (κ3) is 3.35. The zero-order chi connectivity index (χ0) is 14.7. The number of aliphatic hydroxyl groups excluding tert-OH is 1. The van der Waals surface area contributed by atoms with Crippen molar-refractivity contribution in [3.63, 3.8) is 0 Å². The lowest BCUT2D eigenvalue weighted by molar-refractivity contribution is -0.138. The first-order valence-electron chi connectivity index (χ1n) is 6.88. The third-order valence-corrected chi connectivity index (χ3v) is 3.71. The highest BCUT2D eigenvalue weighted by Gasteiger charge is 2.30. The Morgan fingerprint density at radius 3 is 2.35 bits per heavy atom. The molecule has 0 aromatic heterocycles. The van der Waals surface area contributed by atoms with E-state index in [1.165, 1.54) is 12.1 Å². The molecule has 0 bridgehead atoms. The van der Waals surface area contributed by atoms with Gasteiger partial charge in [0.05, 0.1) is 6.10 Å². The predicted octanol–water partition coefficient (Wildman–Crippen LogP) is 1.41. The van der Waals surface area contributed by atoms with Crippen molar-refractivity contribution in [1.29, 1.82) is 0 Å². The van der Waals surface area contributed by atoms with Crippen molar-refractivity contribution in [2.24, 2.45) is 0 Å². The summed E-state index contributed by atoms with van der Waals surface area (Å²) >= 11 is 0. The molecule has 1 amide bonds. The Labute approximate surface area is 118 Å². The number of piperidine rings is 1. The Morgan fingerprint density at radius 2 is 1.85 bits per heavy atom. The fraction of sp³-hybridized carbons (Fsp3) is 0.533.